The number of nitriles is 1. The van der Waals surface area contributed by atoms with E-state index in [1.54, 1.807) is 6.08 Å². The Hall–Kier alpha value is -1.88. The van der Waals surface area contributed by atoms with Gasteiger partial charge in [-0.3, -0.25) is 4.79 Å². The molecular weight excluding hydrogens is 162 g/mol. The van der Waals surface area contributed by atoms with Crippen LogP contribution in [0, 0.1) is 18.3 Å². The maximum Gasteiger partial charge on any atom is 0.160 e. The normalized spacial score (nSPS) is 10.6. The molecule has 0 radical (unpaired) electrons. The summed E-state index contributed by atoms with van der Waals surface area (Å²) in [6.07, 6.45) is 2.12. The van der Waals surface area contributed by atoms with E-state index in [0.29, 0.717) is 6.29 Å². The molecule has 0 aliphatic rings. The van der Waals surface area contributed by atoms with Crippen molar-refractivity contribution in [1.82, 2.24) is 0 Å². The van der Waals surface area contributed by atoms with Crippen LogP contribution in [0.2, 0.25) is 0 Å². The molecule has 2 nitrogen and oxygen atoms in total. The summed E-state index contributed by atoms with van der Waals surface area (Å²) < 4.78 is 0. The fourth-order valence-electron chi connectivity index (χ4n) is 0.935. The molecule has 1 aromatic rings. The fourth-order valence-corrected chi connectivity index (χ4v) is 0.935. The highest BCUT2D eigenvalue weighted by Gasteiger charge is 1.92. The van der Waals surface area contributed by atoms with Gasteiger partial charge >= 0.3 is 0 Å². The second-order valence-electron chi connectivity index (χ2n) is 2.74. The summed E-state index contributed by atoms with van der Waals surface area (Å²) in [5.74, 6) is 0. The van der Waals surface area contributed by atoms with Crippen molar-refractivity contribution in [3.8, 4) is 6.07 Å². The van der Waals surface area contributed by atoms with Crippen LogP contribution in [0.15, 0.2) is 29.8 Å². The van der Waals surface area contributed by atoms with E-state index < -0.39 is 0 Å². The highest BCUT2D eigenvalue weighted by Crippen LogP contribution is 2.06. The van der Waals surface area contributed by atoms with Crippen molar-refractivity contribution >= 4 is 12.4 Å². The molecule has 0 atom stereocenters. The van der Waals surface area contributed by atoms with E-state index in [0.717, 1.165) is 11.1 Å². The molecule has 0 fully saturated rings. The van der Waals surface area contributed by atoms with Crippen LogP contribution < -0.4 is 0 Å². The second-order valence-corrected chi connectivity index (χ2v) is 2.74. The molecule has 1 rings (SSSR count). The average Bonchev–Trinajstić information content (AvgIpc) is 2.17. The van der Waals surface area contributed by atoms with Crippen molar-refractivity contribution in [3.05, 3.63) is 41.0 Å². The van der Waals surface area contributed by atoms with E-state index in [2.05, 4.69) is 0 Å². The fraction of sp³-hybridized carbons (Fsp3) is 0.0909. The molecule has 0 saturated carbocycles. The Labute approximate surface area is 77.1 Å². The Bertz CT molecular complexity index is 368. The van der Waals surface area contributed by atoms with Crippen molar-refractivity contribution in [2.24, 2.45) is 0 Å². The zero-order chi connectivity index (χ0) is 9.68. The number of aryl methyl sites for hydroxylation is 1. The third kappa shape index (κ3) is 2.57. The van der Waals surface area contributed by atoms with E-state index >= 15 is 0 Å². The van der Waals surface area contributed by atoms with Gasteiger partial charge in [-0.1, -0.05) is 29.8 Å². The molecule has 0 amide bonds. The lowest BCUT2D eigenvalue weighted by Crippen LogP contribution is -1.80. The Morgan fingerprint density at radius 2 is 2.00 bits per heavy atom. The van der Waals surface area contributed by atoms with Gasteiger partial charge in [-0.25, -0.2) is 0 Å². The summed E-state index contributed by atoms with van der Waals surface area (Å²) in [6, 6.07) is 9.42. The first-order valence-corrected chi connectivity index (χ1v) is 3.90. The van der Waals surface area contributed by atoms with Gasteiger partial charge in [-0.15, -0.1) is 0 Å². The summed E-state index contributed by atoms with van der Waals surface area (Å²) in [5, 5.41) is 8.49. The Balaban J connectivity index is 2.98. The van der Waals surface area contributed by atoms with E-state index in [4.69, 9.17) is 5.26 Å². The summed E-state index contributed by atoms with van der Waals surface area (Å²) in [5.41, 5.74) is 2.17. The third-order valence-electron chi connectivity index (χ3n) is 1.66. The van der Waals surface area contributed by atoms with Gasteiger partial charge in [0.15, 0.2) is 6.29 Å². The van der Waals surface area contributed by atoms with Gasteiger partial charge in [0.05, 0.1) is 5.57 Å². The van der Waals surface area contributed by atoms with Crippen LogP contribution in [0.1, 0.15) is 11.1 Å². The van der Waals surface area contributed by atoms with Gasteiger partial charge in [0.2, 0.25) is 0 Å². The lowest BCUT2D eigenvalue weighted by Gasteiger charge is -1.93. The number of carbonyl (C=O) groups is 1. The van der Waals surface area contributed by atoms with Crippen molar-refractivity contribution < 1.29 is 4.79 Å². The highest BCUT2D eigenvalue weighted by molar-refractivity contribution is 5.86. The lowest BCUT2D eigenvalue weighted by atomic mass is 10.1. The van der Waals surface area contributed by atoms with Gasteiger partial charge < -0.3 is 0 Å². The summed E-state index contributed by atoms with van der Waals surface area (Å²) in [6.45, 7) is 1.98. The number of carbonyl (C=O) groups excluding carboxylic acids is 1. The van der Waals surface area contributed by atoms with E-state index in [9.17, 15) is 4.79 Å². The Kier molecular flexibility index (Phi) is 2.99. The molecule has 13 heavy (non-hydrogen) atoms. The van der Waals surface area contributed by atoms with Gasteiger partial charge in [0, 0.05) is 0 Å². The zero-order valence-electron chi connectivity index (χ0n) is 7.32. The molecule has 0 spiro atoms. The molecule has 0 aliphatic carbocycles. The van der Waals surface area contributed by atoms with Crippen LogP contribution in [-0.4, -0.2) is 6.29 Å². The number of rotatable bonds is 2. The molecule has 1 aromatic carbocycles. The van der Waals surface area contributed by atoms with Crippen LogP contribution in [0.4, 0.5) is 0 Å². The summed E-state index contributed by atoms with van der Waals surface area (Å²) in [7, 11) is 0. The molecule has 0 aromatic heterocycles. The Morgan fingerprint density at radius 3 is 2.46 bits per heavy atom. The van der Waals surface area contributed by atoms with Crippen molar-refractivity contribution in [1.29, 1.82) is 5.26 Å². The SMILES string of the molecule is Cc1ccc(C=C(C#N)C=O)cc1. The van der Waals surface area contributed by atoms with Gasteiger partial charge in [0.1, 0.15) is 6.07 Å². The second kappa shape index (κ2) is 4.22. The number of nitrogens with zero attached hydrogens (tertiary/aromatic N) is 1. The lowest BCUT2D eigenvalue weighted by molar-refractivity contribution is -0.104. The van der Waals surface area contributed by atoms with Gasteiger partial charge in [-0.2, -0.15) is 5.26 Å². The minimum Gasteiger partial charge on any atom is -0.297 e. The molecule has 0 unspecified atom stereocenters. The molecular formula is C11H9NO. The maximum absolute atomic E-state index is 10.3. The molecule has 2 heteroatoms. The summed E-state index contributed by atoms with van der Waals surface area (Å²) >= 11 is 0. The molecule has 0 saturated heterocycles. The monoisotopic (exact) mass is 171 g/mol. The molecule has 0 N–H and O–H groups in total. The van der Waals surface area contributed by atoms with Crippen molar-refractivity contribution in [2.45, 2.75) is 6.92 Å². The van der Waals surface area contributed by atoms with Crippen LogP contribution in [0.3, 0.4) is 0 Å². The number of aldehydes is 1. The third-order valence-corrected chi connectivity index (χ3v) is 1.66. The zero-order valence-corrected chi connectivity index (χ0v) is 7.32. The average molecular weight is 171 g/mol. The highest BCUT2D eigenvalue weighted by atomic mass is 16.1. The minimum absolute atomic E-state index is 0.142. The van der Waals surface area contributed by atoms with E-state index in [1.165, 1.54) is 0 Å². The van der Waals surface area contributed by atoms with E-state index in [1.807, 2.05) is 37.3 Å². The van der Waals surface area contributed by atoms with Crippen LogP contribution in [0.25, 0.3) is 6.08 Å². The predicted molar refractivity (Wildman–Crippen MR) is 50.8 cm³/mol. The Morgan fingerprint density at radius 1 is 1.38 bits per heavy atom. The van der Waals surface area contributed by atoms with Gasteiger partial charge in [-0.05, 0) is 18.6 Å². The van der Waals surface area contributed by atoms with Crippen molar-refractivity contribution in [2.75, 3.05) is 0 Å². The number of hydrogen-bond donors (Lipinski definition) is 0. The summed E-state index contributed by atoms with van der Waals surface area (Å²) in [4.78, 5) is 10.3. The van der Waals surface area contributed by atoms with Gasteiger partial charge in [0.25, 0.3) is 0 Å². The first-order chi connectivity index (χ1) is 6.26. The number of allylic oxidation sites excluding steroid dienone is 1. The van der Waals surface area contributed by atoms with Crippen LogP contribution in [-0.2, 0) is 4.79 Å². The van der Waals surface area contributed by atoms with Crippen LogP contribution in [0.5, 0.6) is 0 Å². The van der Waals surface area contributed by atoms with Crippen molar-refractivity contribution in [3.63, 3.8) is 0 Å². The molecule has 0 heterocycles. The van der Waals surface area contributed by atoms with E-state index in [-0.39, 0.29) is 5.57 Å². The standard InChI is InChI=1S/C11H9NO/c1-9-2-4-10(5-3-9)6-11(7-12)8-13/h2-6,8H,1H3. The largest absolute Gasteiger partial charge is 0.297 e. The molecule has 0 aliphatic heterocycles. The topological polar surface area (TPSA) is 40.9 Å². The maximum atomic E-state index is 10.3. The van der Waals surface area contributed by atoms with Crippen LogP contribution >= 0.6 is 0 Å². The minimum atomic E-state index is 0.142. The molecule has 0 bridgehead atoms. The predicted octanol–water partition coefficient (Wildman–Crippen LogP) is 2.10. The smallest absolute Gasteiger partial charge is 0.160 e. The molecule has 64 valence electrons. The first-order valence-electron chi connectivity index (χ1n) is 3.90. The first kappa shape index (κ1) is 9.21. The number of benzene rings is 1. The number of hydrogen-bond acceptors (Lipinski definition) is 2. The quantitative estimate of drug-likeness (QED) is 0.388.